The molecule has 1 aromatic rings. The molecule has 1 aliphatic rings. The highest BCUT2D eigenvalue weighted by Gasteiger charge is 2.35. The van der Waals surface area contributed by atoms with E-state index in [0.29, 0.717) is 30.4 Å². The molecule has 1 atom stereocenters. The fourth-order valence-electron chi connectivity index (χ4n) is 2.64. The van der Waals surface area contributed by atoms with Crippen molar-refractivity contribution in [2.75, 3.05) is 6.61 Å². The summed E-state index contributed by atoms with van der Waals surface area (Å²) in [5, 5.41) is 0. The number of benzene rings is 1. The van der Waals surface area contributed by atoms with Gasteiger partial charge in [0.05, 0.1) is 12.5 Å². The summed E-state index contributed by atoms with van der Waals surface area (Å²) < 4.78 is 17.7. The van der Waals surface area contributed by atoms with Crippen molar-refractivity contribution in [1.82, 2.24) is 0 Å². The number of allylic oxidation sites excluding steroid dienone is 1. The third-order valence-corrected chi connectivity index (χ3v) is 3.83. The minimum Gasteiger partial charge on any atom is -0.460 e. The molecule has 0 radical (unpaired) electrons. The summed E-state index contributed by atoms with van der Waals surface area (Å²) in [5.74, 6) is -3.37. The molecule has 1 aliphatic carbocycles. The second kappa shape index (κ2) is 7.81. The van der Waals surface area contributed by atoms with Gasteiger partial charge in [-0.25, -0.2) is 9.18 Å². The van der Waals surface area contributed by atoms with Crippen molar-refractivity contribution in [1.29, 1.82) is 0 Å². The number of ether oxygens (including phenoxy) is 1. The smallest absolute Gasteiger partial charge is 0.375 e. The molecule has 122 valence electrons. The number of hydrogen-bond donors (Lipinski definition) is 0. The van der Waals surface area contributed by atoms with Crippen LogP contribution in [0.2, 0.25) is 0 Å². The van der Waals surface area contributed by atoms with Crippen LogP contribution in [0, 0.1) is 11.7 Å². The van der Waals surface area contributed by atoms with Crippen LogP contribution < -0.4 is 0 Å². The number of hydrogen-bond acceptors (Lipinski definition) is 4. The lowest BCUT2D eigenvalue weighted by atomic mass is 9.91. The van der Waals surface area contributed by atoms with Crippen molar-refractivity contribution in [3.05, 3.63) is 41.2 Å². The van der Waals surface area contributed by atoms with Gasteiger partial charge in [-0.2, -0.15) is 0 Å². The van der Waals surface area contributed by atoms with Crippen LogP contribution in [0.5, 0.6) is 0 Å². The molecule has 5 heteroatoms. The molecular formula is C18H19FO4. The molecule has 0 N–H and O–H groups in total. The average Bonchev–Trinajstić information content (AvgIpc) is 2.71. The zero-order chi connectivity index (χ0) is 16.8. The van der Waals surface area contributed by atoms with Crippen molar-refractivity contribution >= 4 is 23.6 Å². The summed E-state index contributed by atoms with van der Waals surface area (Å²) in [6.45, 7) is 1.71. The molecule has 1 fully saturated rings. The van der Waals surface area contributed by atoms with Crippen LogP contribution in [-0.4, -0.2) is 24.1 Å². The number of carbonyl (C=O) groups is 3. The number of ketones is 2. The van der Waals surface area contributed by atoms with Gasteiger partial charge < -0.3 is 4.74 Å². The summed E-state index contributed by atoms with van der Waals surface area (Å²) >= 11 is 0. The van der Waals surface area contributed by atoms with Gasteiger partial charge in [0.1, 0.15) is 5.82 Å². The molecule has 1 saturated carbocycles. The van der Waals surface area contributed by atoms with E-state index in [2.05, 4.69) is 0 Å². The molecule has 2 rings (SSSR count). The van der Waals surface area contributed by atoms with Crippen molar-refractivity contribution in [2.45, 2.75) is 32.6 Å². The molecule has 0 saturated heterocycles. The minimum absolute atomic E-state index is 0.101. The van der Waals surface area contributed by atoms with Crippen LogP contribution >= 0.6 is 0 Å². The Hall–Kier alpha value is -2.30. The van der Waals surface area contributed by atoms with Crippen molar-refractivity contribution < 1.29 is 23.5 Å². The Kier molecular flexibility index (Phi) is 5.79. The Labute approximate surface area is 134 Å². The van der Waals surface area contributed by atoms with E-state index in [0.717, 1.165) is 6.42 Å². The quantitative estimate of drug-likeness (QED) is 0.281. The lowest BCUT2D eigenvalue weighted by Crippen LogP contribution is -2.31. The summed E-state index contributed by atoms with van der Waals surface area (Å²) in [6, 6.07) is 5.77. The van der Waals surface area contributed by atoms with E-state index in [9.17, 15) is 18.8 Å². The molecule has 1 aromatic carbocycles. The first kappa shape index (κ1) is 17.1. The molecule has 0 aromatic heterocycles. The molecule has 0 heterocycles. The maximum absolute atomic E-state index is 13.0. The topological polar surface area (TPSA) is 60.4 Å². The number of carbonyl (C=O) groups excluding carboxylic acids is 3. The Bertz CT molecular complexity index is 631. The van der Waals surface area contributed by atoms with Gasteiger partial charge in [-0.1, -0.05) is 18.6 Å². The third kappa shape index (κ3) is 4.34. The van der Waals surface area contributed by atoms with Crippen molar-refractivity contribution in [3.8, 4) is 0 Å². The van der Waals surface area contributed by atoms with Crippen LogP contribution in [0.3, 0.4) is 0 Å². The van der Waals surface area contributed by atoms with Crippen molar-refractivity contribution in [2.24, 2.45) is 5.92 Å². The summed E-state index contributed by atoms with van der Waals surface area (Å²) in [6.07, 6.45) is 4.03. The Morgan fingerprint density at radius 1 is 1.26 bits per heavy atom. The SMILES string of the molecule is CCOC(=O)C(=O)C1CCCCC(=Cc2ccc(F)cc2)C1=O. The largest absolute Gasteiger partial charge is 0.460 e. The summed E-state index contributed by atoms with van der Waals surface area (Å²) in [5.41, 5.74) is 1.19. The maximum atomic E-state index is 13.0. The molecule has 0 aliphatic heterocycles. The van der Waals surface area contributed by atoms with Gasteiger partial charge in [0.25, 0.3) is 5.78 Å². The fraction of sp³-hybridized carbons (Fsp3) is 0.389. The normalized spacial score (nSPS) is 20.2. The fourth-order valence-corrected chi connectivity index (χ4v) is 2.64. The number of Topliss-reactive ketones (excluding diaryl/α,β-unsaturated/α-hetero) is 2. The zero-order valence-corrected chi connectivity index (χ0v) is 13.0. The summed E-state index contributed by atoms with van der Waals surface area (Å²) in [7, 11) is 0. The van der Waals surface area contributed by atoms with E-state index in [1.54, 1.807) is 25.1 Å². The molecule has 0 spiro atoms. The van der Waals surface area contributed by atoms with E-state index in [1.165, 1.54) is 12.1 Å². The van der Waals surface area contributed by atoms with Gasteiger partial charge in [-0.3, -0.25) is 9.59 Å². The lowest BCUT2D eigenvalue weighted by Gasteiger charge is -2.12. The number of esters is 1. The van der Waals surface area contributed by atoms with Crippen LogP contribution in [0.15, 0.2) is 29.8 Å². The second-order valence-electron chi connectivity index (χ2n) is 5.47. The van der Waals surface area contributed by atoms with Crippen LogP contribution in [-0.2, 0) is 19.1 Å². The Morgan fingerprint density at radius 2 is 1.96 bits per heavy atom. The summed E-state index contributed by atoms with van der Waals surface area (Å²) in [4.78, 5) is 36.3. The monoisotopic (exact) mass is 318 g/mol. The Morgan fingerprint density at radius 3 is 2.61 bits per heavy atom. The van der Waals surface area contributed by atoms with Crippen molar-refractivity contribution in [3.63, 3.8) is 0 Å². The van der Waals surface area contributed by atoms with Crippen LogP contribution in [0.25, 0.3) is 6.08 Å². The molecular weight excluding hydrogens is 299 g/mol. The van der Waals surface area contributed by atoms with Gasteiger partial charge in [-0.15, -0.1) is 0 Å². The highest BCUT2D eigenvalue weighted by atomic mass is 19.1. The van der Waals surface area contributed by atoms with E-state index in [1.807, 2.05) is 0 Å². The first-order chi connectivity index (χ1) is 11.0. The first-order valence-corrected chi connectivity index (χ1v) is 7.74. The molecule has 4 nitrogen and oxygen atoms in total. The molecule has 0 bridgehead atoms. The third-order valence-electron chi connectivity index (χ3n) is 3.83. The number of halogens is 1. The maximum Gasteiger partial charge on any atom is 0.375 e. The van der Waals surface area contributed by atoms with E-state index < -0.39 is 17.7 Å². The van der Waals surface area contributed by atoms with E-state index >= 15 is 0 Å². The predicted octanol–water partition coefficient (Wildman–Crippen LogP) is 3.10. The van der Waals surface area contributed by atoms with E-state index in [4.69, 9.17) is 4.74 Å². The highest BCUT2D eigenvalue weighted by Crippen LogP contribution is 2.27. The highest BCUT2D eigenvalue weighted by molar-refractivity contribution is 6.39. The zero-order valence-electron chi connectivity index (χ0n) is 13.0. The minimum atomic E-state index is -0.969. The van der Waals surface area contributed by atoms with Gasteiger partial charge in [-0.05, 0) is 55.5 Å². The van der Waals surface area contributed by atoms with Gasteiger partial charge in [0.15, 0.2) is 5.78 Å². The standard InChI is InChI=1S/C18H19FO4/c1-2-23-18(22)17(21)15-6-4-3-5-13(16(15)20)11-12-7-9-14(19)10-8-12/h7-11,15H,2-6H2,1H3. The average molecular weight is 318 g/mol. The lowest BCUT2D eigenvalue weighted by molar-refractivity contribution is -0.156. The number of rotatable bonds is 4. The van der Waals surface area contributed by atoms with Crippen LogP contribution in [0.4, 0.5) is 4.39 Å². The predicted molar refractivity (Wildman–Crippen MR) is 83.0 cm³/mol. The Balaban J connectivity index is 2.23. The van der Waals surface area contributed by atoms with Gasteiger partial charge in [0.2, 0.25) is 0 Å². The first-order valence-electron chi connectivity index (χ1n) is 7.74. The van der Waals surface area contributed by atoms with Gasteiger partial charge in [0, 0.05) is 0 Å². The molecule has 1 unspecified atom stereocenters. The van der Waals surface area contributed by atoms with Gasteiger partial charge >= 0.3 is 5.97 Å². The second-order valence-corrected chi connectivity index (χ2v) is 5.47. The molecule has 23 heavy (non-hydrogen) atoms. The molecule has 0 amide bonds. The van der Waals surface area contributed by atoms with Crippen LogP contribution in [0.1, 0.15) is 38.2 Å². The van der Waals surface area contributed by atoms with E-state index in [-0.39, 0.29) is 18.2 Å².